The fraction of sp³-hybridized carbons (Fsp3) is 0.864. The number of amides is 1. The first-order chi connectivity index (χ1) is 13.4. The van der Waals surface area contributed by atoms with E-state index < -0.39 is 18.0 Å². The van der Waals surface area contributed by atoms with Gasteiger partial charge in [-0.05, 0) is 19.3 Å². The van der Waals surface area contributed by atoms with Crippen LogP contribution >= 0.6 is 0 Å². The van der Waals surface area contributed by atoms with Gasteiger partial charge in [0.05, 0.1) is 12.0 Å². The summed E-state index contributed by atoms with van der Waals surface area (Å²) in [5.41, 5.74) is 0. The third-order valence-corrected chi connectivity index (χ3v) is 5.10. The van der Waals surface area contributed by atoms with Gasteiger partial charge in [-0.1, -0.05) is 78.1 Å². The van der Waals surface area contributed by atoms with Gasteiger partial charge >= 0.3 is 35.5 Å². The van der Waals surface area contributed by atoms with Gasteiger partial charge in [0.15, 0.2) is 0 Å². The third-order valence-electron chi connectivity index (χ3n) is 5.10. The van der Waals surface area contributed by atoms with Crippen LogP contribution in [0.3, 0.4) is 0 Å². The van der Waals surface area contributed by atoms with Crippen molar-refractivity contribution in [2.45, 2.75) is 116 Å². The minimum Gasteiger partial charge on any atom is -0.548 e. The Kier molecular flexibility index (Phi) is 21.8. The molecule has 0 unspecified atom stereocenters. The largest absolute Gasteiger partial charge is 1.00 e. The predicted octanol–water partition coefficient (Wildman–Crippen LogP) is 0.913. The molecule has 0 bridgehead atoms. The first kappa shape index (κ1) is 30.6. The van der Waals surface area contributed by atoms with Crippen LogP contribution in [0, 0.1) is 0 Å². The zero-order valence-corrected chi connectivity index (χ0v) is 20.9. The van der Waals surface area contributed by atoms with E-state index in [0.717, 1.165) is 38.5 Å². The van der Waals surface area contributed by atoms with Crippen molar-refractivity contribution >= 4 is 17.8 Å². The number of carboxylic acids is 2. The fourth-order valence-electron chi connectivity index (χ4n) is 3.38. The Morgan fingerprint density at radius 1 is 0.793 bits per heavy atom. The maximum atomic E-state index is 12.6. The van der Waals surface area contributed by atoms with Crippen molar-refractivity contribution in [3.63, 3.8) is 0 Å². The number of hydrogen-bond donors (Lipinski definition) is 1. The monoisotopic (exact) mass is 421 g/mol. The molecule has 0 aromatic carbocycles. The number of unbranched alkanes of at least 4 members (excludes halogenated alkanes) is 10. The normalized spacial score (nSPS) is 11.5. The summed E-state index contributed by atoms with van der Waals surface area (Å²) in [4.78, 5) is 36.3. The van der Waals surface area contributed by atoms with Gasteiger partial charge < -0.3 is 19.9 Å². The summed E-state index contributed by atoms with van der Waals surface area (Å²) < 4.78 is 0. The smallest absolute Gasteiger partial charge is 0.548 e. The van der Waals surface area contributed by atoms with E-state index in [2.05, 4.69) is 6.92 Å². The quantitative estimate of drug-likeness (QED) is 0.247. The van der Waals surface area contributed by atoms with Crippen molar-refractivity contribution in [2.75, 3.05) is 6.54 Å². The topological polar surface area (TPSA) is 97.7 Å². The minimum atomic E-state index is -1.36. The second-order valence-electron chi connectivity index (χ2n) is 7.64. The van der Waals surface area contributed by atoms with Crippen molar-refractivity contribution in [3.05, 3.63) is 0 Å². The van der Waals surface area contributed by atoms with Crippen LogP contribution in [0.25, 0.3) is 0 Å². The summed E-state index contributed by atoms with van der Waals surface area (Å²) in [7, 11) is 0. The molecule has 1 amide bonds. The van der Waals surface area contributed by atoms with Gasteiger partial charge in [0.25, 0.3) is 0 Å². The van der Waals surface area contributed by atoms with Crippen LogP contribution in [-0.4, -0.2) is 40.4 Å². The first-order valence-electron chi connectivity index (χ1n) is 11.2. The number of aliphatic carboxylic acids is 2. The molecule has 0 aliphatic rings. The SMILES string of the molecule is CCCCCCCCCCCC(=O)N(CCCCC)[C@@H](CCC(=O)O)C(=O)[O-].[Na+]. The van der Waals surface area contributed by atoms with Crippen LogP contribution in [0.5, 0.6) is 0 Å². The molecule has 0 radical (unpaired) electrons. The summed E-state index contributed by atoms with van der Waals surface area (Å²) in [6.45, 7) is 4.59. The number of hydrogen-bond acceptors (Lipinski definition) is 4. The van der Waals surface area contributed by atoms with Crippen LogP contribution in [0.4, 0.5) is 0 Å². The van der Waals surface area contributed by atoms with E-state index in [4.69, 9.17) is 5.11 Å². The molecular weight excluding hydrogens is 381 g/mol. The Morgan fingerprint density at radius 2 is 1.28 bits per heavy atom. The Labute approximate surface area is 199 Å². The standard InChI is InChI=1S/C22H41NO5.Na/c1-3-5-7-8-9-10-11-12-13-15-20(24)23(18-14-6-4-2)19(22(27)28)16-17-21(25)26;/h19H,3-18H2,1-2H3,(H,25,26)(H,27,28);/q;+1/p-1/t19-;/m0./s1. The summed E-state index contributed by atoms with van der Waals surface area (Å²) in [6.07, 6.45) is 12.8. The molecule has 0 spiro atoms. The van der Waals surface area contributed by atoms with Crippen molar-refractivity contribution in [1.29, 1.82) is 0 Å². The maximum absolute atomic E-state index is 12.6. The van der Waals surface area contributed by atoms with Crippen molar-refractivity contribution in [3.8, 4) is 0 Å². The number of carbonyl (C=O) groups excluding carboxylic acids is 2. The summed E-state index contributed by atoms with van der Waals surface area (Å²) in [6, 6.07) is -1.15. The van der Waals surface area contributed by atoms with Gasteiger partial charge in [-0.25, -0.2) is 0 Å². The van der Waals surface area contributed by atoms with Gasteiger partial charge in [0.2, 0.25) is 5.91 Å². The first-order valence-corrected chi connectivity index (χ1v) is 11.2. The van der Waals surface area contributed by atoms with Crippen LogP contribution in [0.1, 0.15) is 110 Å². The van der Waals surface area contributed by atoms with Gasteiger partial charge in [0.1, 0.15) is 0 Å². The van der Waals surface area contributed by atoms with Crippen LogP contribution in [-0.2, 0) is 14.4 Å². The molecule has 0 heterocycles. The molecular formula is C22H40NNaO5. The average molecular weight is 422 g/mol. The van der Waals surface area contributed by atoms with E-state index in [1.165, 1.54) is 43.4 Å². The van der Waals surface area contributed by atoms with Gasteiger partial charge in [-0.15, -0.1) is 0 Å². The van der Waals surface area contributed by atoms with Gasteiger partial charge in [-0.3, -0.25) is 9.59 Å². The van der Waals surface area contributed by atoms with E-state index in [0.29, 0.717) is 13.0 Å². The third kappa shape index (κ3) is 16.8. The summed E-state index contributed by atoms with van der Waals surface area (Å²) in [5.74, 6) is -2.62. The van der Waals surface area contributed by atoms with Crippen molar-refractivity contribution < 1.29 is 54.2 Å². The molecule has 0 aromatic rings. The molecule has 1 atom stereocenters. The fourth-order valence-corrected chi connectivity index (χ4v) is 3.38. The van der Waals surface area contributed by atoms with E-state index in [1.54, 1.807) is 0 Å². The zero-order chi connectivity index (χ0) is 21.2. The Balaban J connectivity index is 0. The molecule has 0 aliphatic heterocycles. The number of carbonyl (C=O) groups is 3. The second-order valence-corrected chi connectivity index (χ2v) is 7.64. The molecule has 0 rings (SSSR count). The maximum Gasteiger partial charge on any atom is 1.00 e. The van der Waals surface area contributed by atoms with E-state index in [-0.39, 0.29) is 48.3 Å². The van der Waals surface area contributed by atoms with E-state index >= 15 is 0 Å². The average Bonchev–Trinajstić information content (AvgIpc) is 2.64. The Hall–Kier alpha value is -0.590. The molecule has 7 heteroatoms. The molecule has 164 valence electrons. The Morgan fingerprint density at radius 3 is 1.76 bits per heavy atom. The molecule has 0 aromatic heterocycles. The van der Waals surface area contributed by atoms with Gasteiger partial charge in [0, 0.05) is 19.4 Å². The zero-order valence-electron chi connectivity index (χ0n) is 18.9. The molecule has 1 N–H and O–H groups in total. The molecule has 0 fully saturated rings. The van der Waals surface area contributed by atoms with E-state index in [9.17, 15) is 19.5 Å². The van der Waals surface area contributed by atoms with E-state index in [1.807, 2.05) is 6.92 Å². The Bertz CT molecular complexity index is 445. The summed E-state index contributed by atoms with van der Waals surface area (Å²) in [5, 5.41) is 20.4. The minimum absolute atomic E-state index is 0. The number of rotatable bonds is 19. The predicted molar refractivity (Wildman–Crippen MR) is 109 cm³/mol. The number of nitrogens with zero attached hydrogens (tertiary/aromatic N) is 1. The second kappa shape index (κ2) is 20.7. The van der Waals surface area contributed by atoms with Gasteiger partial charge in [-0.2, -0.15) is 0 Å². The number of carboxylic acid groups (broad SMARTS) is 2. The molecule has 0 aliphatic carbocycles. The van der Waals surface area contributed by atoms with Crippen LogP contribution in [0.15, 0.2) is 0 Å². The van der Waals surface area contributed by atoms with Crippen LogP contribution in [0.2, 0.25) is 0 Å². The molecule has 0 saturated carbocycles. The van der Waals surface area contributed by atoms with Crippen molar-refractivity contribution in [2.24, 2.45) is 0 Å². The molecule has 29 heavy (non-hydrogen) atoms. The van der Waals surface area contributed by atoms with Crippen molar-refractivity contribution in [1.82, 2.24) is 4.90 Å². The molecule has 6 nitrogen and oxygen atoms in total. The summed E-state index contributed by atoms with van der Waals surface area (Å²) >= 11 is 0. The molecule has 0 saturated heterocycles. The van der Waals surface area contributed by atoms with Crippen LogP contribution < -0.4 is 34.7 Å².